The van der Waals surface area contributed by atoms with Crippen molar-refractivity contribution in [1.82, 2.24) is 4.90 Å². The molecule has 1 aromatic carbocycles. The zero-order valence-corrected chi connectivity index (χ0v) is 18.3. The first-order valence-electron chi connectivity index (χ1n) is 10.1. The molecule has 8 heteroatoms. The highest BCUT2D eigenvalue weighted by molar-refractivity contribution is 5.90. The summed E-state index contributed by atoms with van der Waals surface area (Å²) >= 11 is 0. The number of fused-ring (bicyclic) bond motifs is 1. The van der Waals surface area contributed by atoms with Crippen LogP contribution >= 0.6 is 0 Å². The van der Waals surface area contributed by atoms with E-state index in [1.165, 1.54) is 24.1 Å². The van der Waals surface area contributed by atoms with Crippen molar-refractivity contribution in [2.24, 2.45) is 16.1 Å². The van der Waals surface area contributed by atoms with Crippen LogP contribution in [0.1, 0.15) is 33.6 Å². The number of allylic oxidation sites excluding steroid dienone is 2. The summed E-state index contributed by atoms with van der Waals surface area (Å²) in [6, 6.07) is 5.74. The minimum Gasteiger partial charge on any atom is -0.468 e. The molecule has 166 valence electrons. The number of likely N-dealkylation sites (tertiary alicyclic amines) is 1. The molecule has 1 aliphatic heterocycles. The Hall–Kier alpha value is -3.16. The van der Waals surface area contributed by atoms with Crippen LogP contribution in [0.25, 0.3) is 0 Å². The zero-order valence-electron chi connectivity index (χ0n) is 18.3. The Labute approximate surface area is 181 Å². The number of esters is 1. The third-order valence-corrected chi connectivity index (χ3v) is 5.34. The van der Waals surface area contributed by atoms with Gasteiger partial charge >= 0.3 is 12.1 Å². The van der Waals surface area contributed by atoms with Crippen molar-refractivity contribution in [1.29, 1.82) is 0 Å². The third kappa shape index (κ3) is 4.95. The number of hydrogen-bond acceptors (Lipinski definition) is 6. The summed E-state index contributed by atoms with van der Waals surface area (Å²) in [6.07, 6.45) is 3.60. The summed E-state index contributed by atoms with van der Waals surface area (Å²) in [5, 5.41) is 0. The molecule has 3 rings (SSSR count). The van der Waals surface area contributed by atoms with Crippen molar-refractivity contribution in [3.63, 3.8) is 0 Å². The molecular formula is C23H28FN3O4. The maximum Gasteiger partial charge on any atom is 0.410 e. The number of halogens is 1. The number of carbonyl (C=O) groups excluding carboxylic acids is 2. The van der Waals surface area contributed by atoms with Gasteiger partial charge in [-0.25, -0.2) is 9.18 Å². The predicted molar refractivity (Wildman–Crippen MR) is 115 cm³/mol. The van der Waals surface area contributed by atoms with Gasteiger partial charge in [0.1, 0.15) is 16.8 Å². The lowest BCUT2D eigenvalue weighted by molar-refractivity contribution is -0.152. The van der Waals surface area contributed by atoms with Gasteiger partial charge in [-0.1, -0.05) is 0 Å². The molecule has 1 amide bonds. The van der Waals surface area contributed by atoms with E-state index in [0.717, 1.165) is 5.57 Å². The average molecular weight is 429 g/mol. The predicted octanol–water partition coefficient (Wildman–Crippen LogP) is 3.87. The van der Waals surface area contributed by atoms with Crippen LogP contribution in [0.4, 0.5) is 14.9 Å². The average Bonchev–Trinajstić information content (AvgIpc) is 2.71. The number of carbonyl (C=O) groups is 2. The maximum absolute atomic E-state index is 13.1. The van der Waals surface area contributed by atoms with Gasteiger partial charge in [0, 0.05) is 25.0 Å². The van der Waals surface area contributed by atoms with E-state index in [1.54, 1.807) is 45.2 Å². The number of hydrogen-bond donors (Lipinski definition) is 1. The molecule has 0 bridgehead atoms. The van der Waals surface area contributed by atoms with E-state index in [0.29, 0.717) is 29.9 Å². The van der Waals surface area contributed by atoms with Crippen molar-refractivity contribution in [3.05, 3.63) is 53.0 Å². The first-order valence-corrected chi connectivity index (χ1v) is 10.1. The molecule has 0 radical (unpaired) electrons. The Morgan fingerprint density at radius 3 is 2.55 bits per heavy atom. The molecule has 1 aliphatic carbocycles. The summed E-state index contributed by atoms with van der Waals surface area (Å²) in [5.41, 5.74) is 7.08. The van der Waals surface area contributed by atoms with Gasteiger partial charge in [-0.05, 0) is 75.1 Å². The first kappa shape index (κ1) is 22.5. The van der Waals surface area contributed by atoms with E-state index in [2.05, 4.69) is 4.99 Å². The minimum absolute atomic E-state index is 0.127. The van der Waals surface area contributed by atoms with Crippen molar-refractivity contribution >= 4 is 24.0 Å². The van der Waals surface area contributed by atoms with Crippen LogP contribution in [0.5, 0.6) is 0 Å². The Morgan fingerprint density at radius 1 is 1.26 bits per heavy atom. The third-order valence-electron chi connectivity index (χ3n) is 5.34. The number of amides is 1. The van der Waals surface area contributed by atoms with Crippen LogP contribution in [0.2, 0.25) is 0 Å². The highest BCUT2D eigenvalue weighted by Crippen LogP contribution is 2.45. The lowest BCUT2D eigenvalue weighted by Gasteiger charge is -2.44. The molecule has 0 aromatic heterocycles. The van der Waals surface area contributed by atoms with E-state index < -0.39 is 23.1 Å². The largest absolute Gasteiger partial charge is 0.468 e. The van der Waals surface area contributed by atoms with Gasteiger partial charge < -0.3 is 20.1 Å². The van der Waals surface area contributed by atoms with Gasteiger partial charge in [0.05, 0.1) is 12.8 Å². The van der Waals surface area contributed by atoms with Crippen LogP contribution in [0.3, 0.4) is 0 Å². The molecular weight excluding hydrogens is 401 g/mol. The van der Waals surface area contributed by atoms with Gasteiger partial charge in [0.25, 0.3) is 0 Å². The topological polar surface area (TPSA) is 94.2 Å². The van der Waals surface area contributed by atoms with Gasteiger partial charge in [-0.3, -0.25) is 9.79 Å². The van der Waals surface area contributed by atoms with E-state index in [-0.39, 0.29) is 18.8 Å². The number of nitrogens with two attached hydrogens (primary N) is 1. The molecule has 1 saturated heterocycles. The van der Waals surface area contributed by atoms with E-state index in [1.807, 2.05) is 0 Å². The second-order valence-corrected chi connectivity index (χ2v) is 8.79. The normalized spacial score (nSPS) is 21.6. The second kappa shape index (κ2) is 8.53. The fraction of sp³-hybridized carbons (Fsp3) is 0.435. The van der Waals surface area contributed by atoms with Crippen molar-refractivity contribution < 1.29 is 23.5 Å². The number of ether oxygens (including phenoxy) is 2. The minimum atomic E-state index is -1.06. The Kier molecular flexibility index (Phi) is 6.20. The van der Waals surface area contributed by atoms with E-state index in [9.17, 15) is 14.0 Å². The maximum atomic E-state index is 13.1. The zero-order chi connectivity index (χ0) is 22.8. The smallest absolute Gasteiger partial charge is 0.410 e. The fourth-order valence-electron chi connectivity index (χ4n) is 3.83. The van der Waals surface area contributed by atoms with Gasteiger partial charge in [-0.2, -0.15) is 0 Å². The van der Waals surface area contributed by atoms with Gasteiger partial charge in [0.2, 0.25) is 0 Å². The van der Waals surface area contributed by atoms with Crippen LogP contribution in [0.15, 0.2) is 52.2 Å². The number of piperidine rings is 1. The molecule has 31 heavy (non-hydrogen) atoms. The summed E-state index contributed by atoms with van der Waals surface area (Å²) in [5.74, 6) is -0.788. The Bertz CT molecular complexity index is 960. The second-order valence-electron chi connectivity index (χ2n) is 8.79. The van der Waals surface area contributed by atoms with Crippen LogP contribution in [-0.2, 0) is 14.3 Å². The Morgan fingerprint density at radius 2 is 1.94 bits per heavy atom. The first-order chi connectivity index (χ1) is 14.5. The van der Waals surface area contributed by atoms with Crippen LogP contribution < -0.4 is 5.73 Å². The number of aliphatic imine (C=N–C) groups is 1. The summed E-state index contributed by atoms with van der Waals surface area (Å²) in [7, 11) is 1.33. The molecule has 1 fully saturated rings. The van der Waals surface area contributed by atoms with Crippen molar-refractivity contribution in [3.8, 4) is 0 Å². The number of methoxy groups -OCH3 is 1. The highest BCUT2D eigenvalue weighted by Gasteiger charge is 2.50. The summed E-state index contributed by atoms with van der Waals surface area (Å²) in [4.78, 5) is 31.5. The summed E-state index contributed by atoms with van der Waals surface area (Å²) in [6.45, 7) is 5.94. The lowest BCUT2D eigenvalue weighted by atomic mass is 9.68. The van der Waals surface area contributed by atoms with Crippen molar-refractivity contribution in [2.45, 2.75) is 39.2 Å². The van der Waals surface area contributed by atoms with E-state index >= 15 is 0 Å². The molecule has 1 heterocycles. The van der Waals surface area contributed by atoms with Crippen molar-refractivity contribution in [2.75, 3.05) is 20.2 Å². The monoisotopic (exact) mass is 429 g/mol. The molecule has 7 nitrogen and oxygen atoms in total. The number of benzene rings is 1. The number of rotatable bonds is 3. The quantitative estimate of drug-likeness (QED) is 0.581. The summed E-state index contributed by atoms with van der Waals surface area (Å²) < 4.78 is 23.8. The Balaban J connectivity index is 1.90. The van der Waals surface area contributed by atoms with E-state index in [4.69, 9.17) is 15.2 Å². The molecule has 2 N–H and O–H groups in total. The molecule has 1 atom stereocenters. The molecule has 1 aromatic rings. The fourth-order valence-corrected chi connectivity index (χ4v) is 3.83. The molecule has 1 unspecified atom stereocenters. The standard InChI is InChI=1S/C23H28FN3O4/c1-22(2,3)31-21(29)27-10-9-16-11-19(25)15(12-23(16,14-27)20(28)30-4)13-26-18-7-5-17(24)6-8-18/h5-8,11,13H,9-10,12,14,25H2,1-4H3. The SMILES string of the molecule is COC(=O)C12CC(C=Nc3ccc(F)cc3)=C(N)C=C1CCN(C(=O)OC(C)(C)C)C2. The molecule has 0 saturated carbocycles. The number of nitrogens with zero attached hydrogens (tertiary/aromatic N) is 2. The lowest BCUT2D eigenvalue weighted by Crippen LogP contribution is -2.53. The van der Waals surface area contributed by atoms with Crippen LogP contribution in [0, 0.1) is 11.2 Å². The van der Waals surface area contributed by atoms with Gasteiger partial charge in [-0.15, -0.1) is 0 Å². The van der Waals surface area contributed by atoms with Gasteiger partial charge in [0.15, 0.2) is 0 Å². The van der Waals surface area contributed by atoms with Crippen LogP contribution in [-0.4, -0.2) is 49.0 Å². The highest BCUT2D eigenvalue weighted by atomic mass is 19.1. The molecule has 0 spiro atoms. The molecule has 2 aliphatic rings.